The third-order valence-corrected chi connectivity index (χ3v) is 5.23. The standard InChI is InChI=1S/C12H14F2N4O3S/c13-12(14)21-11-9-2-6-18(10(9)1-3-16-11)22(19,20)17-7-4-15-5-8-17/h1-3,6,12,15H,4-5,7-8H2. The van der Waals surface area contributed by atoms with Crippen LogP contribution >= 0.6 is 0 Å². The topological polar surface area (TPSA) is 76.5 Å². The third-order valence-electron chi connectivity index (χ3n) is 3.40. The predicted molar refractivity (Wildman–Crippen MR) is 75.1 cm³/mol. The van der Waals surface area contributed by atoms with Gasteiger partial charge in [0, 0.05) is 38.6 Å². The third kappa shape index (κ3) is 2.64. The van der Waals surface area contributed by atoms with E-state index in [0.717, 1.165) is 3.97 Å². The summed E-state index contributed by atoms with van der Waals surface area (Å²) in [7, 11) is -3.75. The molecule has 0 aromatic carbocycles. The van der Waals surface area contributed by atoms with Crippen molar-refractivity contribution in [1.29, 1.82) is 0 Å². The molecule has 1 aliphatic rings. The highest BCUT2D eigenvalue weighted by atomic mass is 32.2. The summed E-state index contributed by atoms with van der Waals surface area (Å²) < 4.78 is 56.8. The average molecular weight is 332 g/mol. The number of rotatable bonds is 4. The summed E-state index contributed by atoms with van der Waals surface area (Å²) in [4.78, 5) is 3.72. The highest BCUT2D eigenvalue weighted by molar-refractivity contribution is 7.87. The predicted octanol–water partition coefficient (Wildman–Crippen LogP) is 0.636. The van der Waals surface area contributed by atoms with E-state index in [1.807, 2.05) is 0 Å². The second-order valence-corrected chi connectivity index (χ2v) is 6.50. The quantitative estimate of drug-likeness (QED) is 0.889. The highest BCUT2D eigenvalue weighted by Crippen LogP contribution is 2.27. The van der Waals surface area contributed by atoms with Crippen molar-refractivity contribution in [2.24, 2.45) is 0 Å². The molecule has 1 aliphatic heterocycles. The Kier molecular flexibility index (Phi) is 3.98. The van der Waals surface area contributed by atoms with Gasteiger partial charge in [-0.15, -0.1) is 0 Å². The fourth-order valence-electron chi connectivity index (χ4n) is 2.39. The number of nitrogens with zero attached hydrogens (tertiary/aromatic N) is 3. The van der Waals surface area contributed by atoms with Gasteiger partial charge in [-0.1, -0.05) is 0 Å². The lowest BCUT2D eigenvalue weighted by molar-refractivity contribution is -0.0517. The molecule has 22 heavy (non-hydrogen) atoms. The molecule has 0 radical (unpaired) electrons. The number of fused-ring (bicyclic) bond motifs is 1. The molecule has 1 saturated heterocycles. The van der Waals surface area contributed by atoms with Crippen LogP contribution in [-0.4, -0.2) is 54.5 Å². The van der Waals surface area contributed by atoms with E-state index in [2.05, 4.69) is 15.0 Å². The van der Waals surface area contributed by atoms with Gasteiger partial charge in [0.05, 0.1) is 10.9 Å². The first-order chi connectivity index (χ1) is 10.5. The van der Waals surface area contributed by atoms with Crippen LogP contribution in [0.2, 0.25) is 0 Å². The van der Waals surface area contributed by atoms with Crippen molar-refractivity contribution in [3.8, 4) is 5.88 Å². The minimum Gasteiger partial charge on any atom is -0.416 e. The first-order valence-corrected chi connectivity index (χ1v) is 8.02. The number of piperazine rings is 1. The molecule has 2 aromatic heterocycles. The van der Waals surface area contributed by atoms with Gasteiger partial charge < -0.3 is 10.1 Å². The van der Waals surface area contributed by atoms with E-state index in [-0.39, 0.29) is 16.8 Å². The number of nitrogens with one attached hydrogen (secondary N) is 1. The number of hydrogen-bond donors (Lipinski definition) is 1. The van der Waals surface area contributed by atoms with E-state index < -0.39 is 16.8 Å². The van der Waals surface area contributed by atoms with Crippen molar-refractivity contribution in [1.82, 2.24) is 18.6 Å². The number of aromatic nitrogens is 2. The van der Waals surface area contributed by atoms with Gasteiger partial charge in [-0.25, -0.2) is 8.96 Å². The molecule has 0 unspecified atom stereocenters. The number of pyridine rings is 1. The van der Waals surface area contributed by atoms with Crippen LogP contribution < -0.4 is 10.1 Å². The molecule has 0 spiro atoms. The Morgan fingerprint density at radius 1 is 1.27 bits per heavy atom. The van der Waals surface area contributed by atoms with Crippen LogP contribution in [0.25, 0.3) is 10.9 Å². The molecule has 10 heteroatoms. The fraction of sp³-hybridized carbons (Fsp3) is 0.417. The van der Waals surface area contributed by atoms with Crippen LogP contribution in [0.1, 0.15) is 0 Å². The molecule has 1 N–H and O–H groups in total. The normalized spacial score (nSPS) is 17.2. The summed E-state index contributed by atoms with van der Waals surface area (Å²) in [5, 5.41) is 3.29. The van der Waals surface area contributed by atoms with Crippen LogP contribution in [0, 0.1) is 0 Å². The minimum atomic E-state index is -3.75. The minimum absolute atomic E-state index is 0.224. The number of alkyl halides is 2. The van der Waals surface area contributed by atoms with Gasteiger partial charge in [0.1, 0.15) is 0 Å². The lowest BCUT2D eigenvalue weighted by atomic mass is 10.3. The van der Waals surface area contributed by atoms with E-state index in [9.17, 15) is 17.2 Å². The molecular formula is C12H14F2N4O3S. The first-order valence-electron chi connectivity index (χ1n) is 6.62. The van der Waals surface area contributed by atoms with E-state index in [0.29, 0.717) is 26.2 Å². The molecule has 0 amide bonds. The maximum absolute atomic E-state index is 12.6. The molecular weight excluding hydrogens is 318 g/mol. The molecule has 0 bridgehead atoms. The van der Waals surface area contributed by atoms with Gasteiger partial charge in [0.25, 0.3) is 0 Å². The second kappa shape index (κ2) is 5.78. The van der Waals surface area contributed by atoms with Gasteiger partial charge in [-0.3, -0.25) is 0 Å². The first kappa shape index (κ1) is 15.1. The summed E-state index contributed by atoms with van der Waals surface area (Å²) >= 11 is 0. The van der Waals surface area contributed by atoms with Crippen molar-refractivity contribution in [3.05, 3.63) is 24.5 Å². The Morgan fingerprint density at radius 3 is 2.68 bits per heavy atom. The highest BCUT2D eigenvalue weighted by Gasteiger charge is 2.27. The smallest absolute Gasteiger partial charge is 0.388 e. The van der Waals surface area contributed by atoms with Crippen LogP contribution in [0.4, 0.5) is 8.78 Å². The van der Waals surface area contributed by atoms with Crippen molar-refractivity contribution in [2.75, 3.05) is 26.2 Å². The van der Waals surface area contributed by atoms with Crippen LogP contribution in [-0.2, 0) is 10.2 Å². The molecule has 3 heterocycles. The zero-order chi connectivity index (χ0) is 15.7. The average Bonchev–Trinajstić information content (AvgIpc) is 2.93. The fourth-order valence-corrected chi connectivity index (χ4v) is 3.91. The maximum Gasteiger partial charge on any atom is 0.388 e. The van der Waals surface area contributed by atoms with Gasteiger partial charge in [-0.2, -0.15) is 21.5 Å². The Bertz CT molecular complexity index is 772. The van der Waals surface area contributed by atoms with E-state index in [1.54, 1.807) is 0 Å². The summed E-state index contributed by atoms with van der Waals surface area (Å²) in [6, 6.07) is 2.85. The molecule has 3 rings (SSSR count). The molecule has 2 aromatic rings. The van der Waals surface area contributed by atoms with Crippen LogP contribution in [0.15, 0.2) is 24.5 Å². The number of halogens is 2. The zero-order valence-electron chi connectivity index (χ0n) is 11.4. The summed E-state index contributed by atoms with van der Waals surface area (Å²) in [6.07, 6.45) is 2.56. The van der Waals surface area contributed by atoms with Crippen molar-refractivity contribution < 1.29 is 21.9 Å². The summed E-state index contributed by atoms with van der Waals surface area (Å²) in [5.41, 5.74) is 0.254. The van der Waals surface area contributed by atoms with E-state index in [1.165, 1.54) is 28.8 Å². The van der Waals surface area contributed by atoms with Crippen molar-refractivity contribution >= 4 is 21.1 Å². The summed E-state index contributed by atoms with van der Waals surface area (Å²) in [6.45, 7) is -1.17. The molecule has 0 aliphatic carbocycles. The molecule has 120 valence electrons. The monoisotopic (exact) mass is 332 g/mol. The molecule has 0 saturated carbocycles. The van der Waals surface area contributed by atoms with E-state index >= 15 is 0 Å². The Labute approximate surface area is 125 Å². The maximum atomic E-state index is 12.6. The van der Waals surface area contributed by atoms with Gasteiger partial charge >= 0.3 is 16.8 Å². The SMILES string of the molecule is O=S(=O)(N1CCNCC1)n1ccc2c(OC(F)F)nccc21. The zero-order valence-corrected chi connectivity index (χ0v) is 12.3. The molecule has 0 atom stereocenters. The van der Waals surface area contributed by atoms with Gasteiger partial charge in [-0.05, 0) is 12.1 Å². The second-order valence-electron chi connectivity index (χ2n) is 4.70. The Balaban J connectivity index is 2.04. The van der Waals surface area contributed by atoms with E-state index in [4.69, 9.17) is 0 Å². The number of ether oxygens (including phenoxy) is 1. The van der Waals surface area contributed by atoms with Crippen LogP contribution in [0.3, 0.4) is 0 Å². The Hall–Kier alpha value is -1.78. The van der Waals surface area contributed by atoms with Gasteiger partial charge in [0.2, 0.25) is 5.88 Å². The van der Waals surface area contributed by atoms with Gasteiger partial charge in [0.15, 0.2) is 0 Å². The molecule has 1 fully saturated rings. The Morgan fingerprint density at radius 2 is 2.00 bits per heavy atom. The lowest BCUT2D eigenvalue weighted by Crippen LogP contribution is -2.48. The van der Waals surface area contributed by atoms with Crippen LogP contribution in [0.5, 0.6) is 5.88 Å². The van der Waals surface area contributed by atoms with Crippen molar-refractivity contribution in [3.63, 3.8) is 0 Å². The number of hydrogen-bond acceptors (Lipinski definition) is 5. The largest absolute Gasteiger partial charge is 0.416 e. The lowest BCUT2D eigenvalue weighted by Gasteiger charge is -2.27. The molecule has 7 nitrogen and oxygen atoms in total. The van der Waals surface area contributed by atoms with Crippen molar-refractivity contribution in [2.45, 2.75) is 6.61 Å². The summed E-state index contributed by atoms with van der Waals surface area (Å²) in [5.74, 6) is -0.290.